The number of carboxylic acid groups (broad SMARTS) is 1. The minimum absolute atomic E-state index is 0.220. The molecule has 0 saturated heterocycles. The molecule has 0 aromatic heterocycles. The molecule has 1 aromatic rings. The molecule has 0 amide bonds. The van der Waals surface area contributed by atoms with Gasteiger partial charge in [0.1, 0.15) is 4.75 Å². The summed E-state index contributed by atoms with van der Waals surface area (Å²) in [6.45, 7) is 2.05. The molecule has 4 heteroatoms. The van der Waals surface area contributed by atoms with Gasteiger partial charge >= 0.3 is 5.97 Å². The highest BCUT2D eigenvalue weighted by atomic mass is 79.9. The zero-order valence-electron chi connectivity index (χ0n) is 9.65. The topological polar surface area (TPSA) is 37.3 Å². The molecule has 2 nitrogen and oxygen atoms in total. The van der Waals surface area contributed by atoms with E-state index in [1.165, 1.54) is 11.8 Å². The molecular weight excluding hydrogens is 300 g/mol. The van der Waals surface area contributed by atoms with Crippen molar-refractivity contribution in [2.45, 2.75) is 35.8 Å². The van der Waals surface area contributed by atoms with Crippen LogP contribution < -0.4 is 0 Å². The second-order valence-corrected chi connectivity index (χ2v) is 6.75. The van der Waals surface area contributed by atoms with E-state index in [9.17, 15) is 9.90 Å². The van der Waals surface area contributed by atoms with E-state index in [1.807, 2.05) is 31.2 Å². The molecule has 1 N–H and O–H groups in total. The van der Waals surface area contributed by atoms with Crippen molar-refractivity contribution in [3.05, 3.63) is 28.7 Å². The number of aliphatic carboxylic acids is 1. The van der Waals surface area contributed by atoms with E-state index in [2.05, 4.69) is 15.9 Å². The van der Waals surface area contributed by atoms with E-state index in [1.54, 1.807) is 0 Å². The van der Waals surface area contributed by atoms with E-state index in [-0.39, 0.29) is 5.92 Å². The molecule has 92 valence electrons. The Kier molecular flexibility index (Phi) is 3.83. The molecule has 0 spiro atoms. The van der Waals surface area contributed by atoms with Gasteiger partial charge in [0.15, 0.2) is 0 Å². The molecule has 1 fully saturated rings. The van der Waals surface area contributed by atoms with Crippen molar-refractivity contribution in [3.8, 4) is 0 Å². The summed E-state index contributed by atoms with van der Waals surface area (Å²) in [5.41, 5.74) is 0. The first-order chi connectivity index (χ1) is 8.06. The third kappa shape index (κ3) is 2.38. The second kappa shape index (κ2) is 5.02. The molecule has 17 heavy (non-hydrogen) atoms. The van der Waals surface area contributed by atoms with Crippen molar-refractivity contribution in [1.29, 1.82) is 0 Å². The number of hydrogen-bond donors (Lipinski definition) is 1. The van der Waals surface area contributed by atoms with Gasteiger partial charge in [-0.1, -0.05) is 25.5 Å². The molecule has 0 heterocycles. The minimum Gasteiger partial charge on any atom is -0.480 e. The summed E-state index contributed by atoms with van der Waals surface area (Å²) in [6, 6.07) is 7.82. The van der Waals surface area contributed by atoms with Crippen LogP contribution in [0.3, 0.4) is 0 Å². The van der Waals surface area contributed by atoms with Gasteiger partial charge in [-0.25, -0.2) is 0 Å². The summed E-state index contributed by atoms with van der Waals surface area (Å²) in [6.07, 6.45) is 2.77. The average molecular weight is 315 g/mol. The molecule has 0 aliphatic heterocycles. The van der Waals surface area contributed by atoms with Crippen LogP contribution in [0.15, 0.2) is 33.6 Å². The summed E-state index contributed by atoms with van der Waals surface area (Å²) < 4.78 is 0.328. The monoisotopic (exact) mass is 314 g/mol. The normalized spacial score (nSPS) is 28.2. The van der Waals surface area contributed by atoms with E-state index < -0.39 is 10.7 Å². The van der Waals surface area contributed by atoms with Crippen LogP contribution in [0.25, 0.3) is 0 Å². The third-order valence-corrected chi connectivity index (χ3v) is 6.15. The van der Waals surface area contributed by atoms with Gasteiger partial charge in [0.2, 0.25) is 0 Å². The molecule has 1 aliphatic rings. The number of rotatable bonds is 3. The van der Waals surface area contributed by atoms with Crippen molar-refractivity contribution in [2.24, 2.45) is 5.92 Å². The third-order valence-electron chi connectivity index (χ3n) is 3.47. The SMILES string of the molecule is CC1CCCC1(Sc1ccccc1Br)C(=O)O. The van der Waals surface area contributed by atoms with Gasteiger partial charge < -0.3 is 5.11 Å². The Balaban J connectivity index is 2.31. The van der Waals surface area contributed by atoms with Crippen LogP contribution in [0.5, 0.6) is 0 Å². The Hall–Kier alpha value is -0.480. The van der Waals surface area contributed by atoms with E-state index >= 15 is 0 Å². The maximum atomic E-state index is 11.6. The summed E-state index contributed by atoms with van der Waals surface area (Å²) in [5.74, 6) is -0.458. The summed E-state index contributed by atoms with van der Waals surface area (Å²) >= 11 is 4.98. The van der Waals surface area contributed by atoms with Gasteiger partial charge in [0.25, 0.3) is 0 Å². The van der Waals surface area contributed by atoms with E-state index in [0.717, 1.165) is 28.6 Å². The number of carbonyl (C=O) groups is 1. The van der Waals surface area contributed by atoms with Crippen LogP contribution in [0.1, 0.15) is 26.2 Å². The Morgan fingerprint density at radius 2 is 2.24 bits per heavy atom. The predicted octanol–water partition coefficient (Wildman–Crippen LogP) is 4.18. The molecule has 0 radical (unpaired) electrons. The largest absolute Gasteiger partial charge is 0.480 e. The molecule has 2 unspecified atom stereocenters. The van der Waals surface area contributed by atoms with Crippen LogP contribution in [0.2, 0.25) is 0 Å². The Bertz CT molecular complexity index is 435. The van der Waals surface area contributed by atoms with Crippen molar-refractivity contribution in [2.75, 3.05) is 0 Å². The Morgan fingerprint density at radius 3 is 2.76 bits per heavy atom. The van der Waals surface area contributed by atoms with Gasteiger partial charge in [-0.15, -0.1) is 11.8 Å². The lowest BCUT2D eigenvalue weighted by Gasteiger charge is -2.28. The molecule has 1 saturated carbocycles. The molecular formula is C13H15BrO2S. The molecule has 2 atom stereocenters. The minimum atomic E-state index is -0.678. The lowest BCUT2D eigenvalue weighted by molar-refractivity contribution is -0.140. The van der Waals surface area contributed by atoms with Crippen LogP contribution in [0.4, 0.5) is 0 Å². The Labute approximate surface area is 114 Å². The fraction of sp³-hybridized carbons (Fsp3) is 0.462. The summed E-state index contributed by atoms with van der Waals surface area (Å²) in [5, 5.41) is 9.55. The van der Waals surface area contributed by atoms with Crippen LogP contribution in [-0.2, 0) is 4.79 Å². The van der Waals surface area contributed by atoms with Gasteiger partial charge in [0, 0.05) is 9.37 Å². The first-order valence-corrected chi connectivity index (χ1v) is 7.34. The van der Waals surface area contributed by atoms with E-state index in [0.29, 0.717) is 0 Å². The lowest BCUT2D eigenvalue weighted by Crippen LogP contribution is -2.37. The number of carboxylic acids is 1. The zero-order valence-corrected chi connectivity index (χ0v) is 12.1. The van der Waals surface area contributed by atoms with Gasteiger partial charge in [-0.05, 0) is 46.8 Å². The van der Waals surface area contributed by atoms with Gasteiger partial charge in [0.05, 0.1) is 0 Å². The highest BCUT2D eigenvalue weighted by Crippen LogP contribution is 2.50. The first kappa shape index (κ1) is 13.0. The van der Waals surface area contributed by atoms with E-state index in [4.69, 9.17) is 0 Å². The zero-order chi connectivity index (χ0) is 12.5. The van der Waals surface area contributed by atoms with Crippen molar-refractivity contribution in [3.63, 3.8) is 0 Å². The predicted molar refractivity (Wildman–Crippen MR) is 73.4 cm³/mol. The molecule has 2 rings (SSSR count). The molecule has 1 aliphatic carbocycles. The summed E-state index contributed by atoms with van der Waals surface area (Å²) in [4.78, 5) is 12.6. The molecule has 1 aromatic carbocycles. The van der Waals surface area contributed by atoms with Crippen molar-refractivity contribution in [1.82, 2.24) is 0 Å². The quantitative estimate of drug-likeness (QED) is 0.909. The fourth-order valence-electron chi connectivity index (χ4n) is 2.39. The number of thioether (sulfide) groups is 1. The average Bonchev–Trinajstić information content (AvgIpc) is 2.65. The number of hydrogen-bond acceptors (Lipinski definition) is 2. The fourth-order valence-corrected chi connectivity index (χ4v) is 4.27. The lowest BCUT2D eigenvalue weighted by atomic mass is 9.97. The Morgan fingerprint density at radius 1 is 1.53 bits per heavy atom. The van der Waals surface area contributed by atoms with Crippen molar-refractivity contribution >= 4 is 33.7 Å². The highest BCUT2D eigenvalue weighted by molar-refractivity contribution is 9.10. The van der Waals surface area contributed by atoms with Crippen LogP contribution in [-0.4, -0.2) is 15.8 Å². The smallest absolute Gasteiger partial charge is 0.320 e. The molecule has 0 bridgehead atoms. The number of benzene rings is 1. The maximum absolute atomic E-state index is 11.6. The number of halogens is 1. The second-order valence-electron chi connectivity index (χ2n) is 4.52. The maximum Gasteiger partial charge on any atom is 0.320 e. The first-order valence-electron chi connectivity index (χ1n) is 5.73. The standard InChI is InChI=1S/C13H15BrO2S/c1-9-5-4-8-13(9,12(15)16)17-11-7-3-2-6-10(11)14/h2-3,6-7,9H,4-5,8H2,1H3,(H,15,16). The highest BCUT2D eigenvalue weighted by Gasteiger charge is 2.48. The summed E-state index contributed by atoms with van der Waals surface area (Å²) in [7, 11) is 0. The van der Waals surface area contributed by atoms with Gasteiger partial charge in [-0.3, -0.25) is 4.79 Å². The van der Waals surface area contributed by atoms with Crippen molar-refractivity contribution < 1.29 is 9.90 Å². The van der Waals surface area contributed by atoms with Gasteiger partial charge in [-0.2, -0.15) is 0 Å². The van der Waals surface area contributed by atoms with Crippen LogP contribution in [0, 0.1) is 5.92 Å². The van der Waals surface area contributed by atoms with Crippen LogP contribution >= 0.6 is 27.7 Å².